The Kier molecular flexibility index (Phi) is 4.38. The first kappa shape index (κ1) is 15.2. The summed E-state index contributed by atoms with van der Waals surface area (Å²) in [6, 6.07) is 9.72. The van der Waals surface area contributed by atoms with Gasteiger partial charge in [0.25, 0.3) is 0 Å². The van der Waals surface area contributed by atoms with Crippen molar-refractivity contribution in [3.63, 3.8) is 0 Å². The molecule has 3 aromatic rings. The Hall–Kier alpha value is -2.67. The molecular weight excluding hydrogens is 292 g/mol. The van der Waals surface area contributed by atoms with E-state index in [2.05, 4.69) is 25.6 Å². The molecule has 0 saturated heterocycles. The third-order valence-corrected chi connectivity index (χ3v) is 3.64. The van der Waals surface area contributed by atoms with Crippen LogP contribution in [0.15, 0.2) is 36.7 Å². The monoisotopic (exact) mass is 312 g/mol. The lowest BCUT2D eigenvalue weighted by Crippen LogP contribution is -2.24. The molecule has 3 rings (SSSR count). The van der Waals surface area contributed by atoms with Gasteiger partial charge in [-0.1, -0.05) is 25.1 Å². The molecule has 0 fully saturated rings. The van der Waals surface area contributed by atoms with Gasteiger partial charge in [-0.2, -0.15) is 9.97 Å². The molecule has 1 aromatic carbocycles. The summed E-state index contributed by atoms with van der Waals surface area (Å²) in [4.78, 5) is 13.4. The number of nitrogens with one attached hydrogen (secondary N) is 2. The minimum absolute atomic E-state index is 0.0325. The second-order valence-corrected chi connectivity index (χ2v) is 5.35. The van der Waals surface area contributed by atoms with Gasteiger partial charge in [0.1, 0.15) is 0 Å². The van der Waals surface area contributed by atoms with Crippen molar-refractivity contribution in [2.75, 3.05) is 17.2 Å². The zero-order valence-electron chi connectivity index (χ0n) is 13.2. The molecular formula is C16H20N6O. The summed E-state index contributed by atoms with van der Waals surface area (Å²) in [5.74, 6) is 1.11. The maximum Gasteiger partial charge on any atom is 0.227 e. The third kappa shape index (κ3) is 3.24. The predicted octanol–water partition coefficient (Wildman–Crippen LogP) is 2.29. The molecule has 0 amide bonds. The number of nitrogens with zero attached hydrogens (tertiary/aromatic N) is 4. The molecule has 23 heavy (non-hydrogen) atoms. The Bertz CT molecular complexity index is 782. The van der Waals surface area contributed by atoms with E-state index >= 15 is 0 Å². The minimum atomic E-state index is -0.0785. The van der Waals surface area contributed by atoms with E-state index in [9.17, 15) is 5.11 Å². The number of imidazole rings is 1. The number of aliphatic hydroxyl groups is 1. The summed E-state index contributed by atoms with van der Waals surface area (Å²) in [5.41, 5.74) is 2.37. The number of fused-ring (bicyclic) bond motifs is 1. The predicted molar refractivity (Wildman–Crippen MR) is 90.8 cm³/mol. The average molecular weight is 312 g/mol. The van der Waals surface area contributed by atoms with Crippen LogP contribution in [0.2, 0.25) is 0 Å². The van der Waals surface area contributed by atoms with Crippen molar-refractivity contribution in [1.82, 2.24) is 19.5 Å². The molecule has 2 heterocycles. The topological polar surface area (TPSA) is 87.9 Å². The van der Waals surface area contributed by atoms with E-state index in [1.807, 2.05) is 48.9 Å². The summed E-state index contributed by atoms with van der Waals surface area (Å²) >= 11 is 0. The van der Waals surface area contributed by atoms with Gasteiger partial charge in [0.2, 0.25) is 5.95 Å². The Labute approximate surface area is 134 Å². The van der Waals surface area contributed by atoms with Crippen LogP contribution in [-0.2, 0) is 7.05 Å². The molecule has 7 heteroatoms. The molecule has 1 atom stereocenters. The van der Waals surface area contributed by atoms with E-state index in [1.165, 1.54) is 0 Å². The van der Waals surface area contributed by atoms with E-state index < -0.39 is 0 Å². The molecule has 2 aromatic heterocycles. The molecule has 0 saturated carbocycles. The van der Waals surface area contributed by atoms with E-state index in [0.29, 0.717) is 17.3 Å². The van der Waals surface area contributed by atoms with Crippen LogP contribution < -0.4 is 10.6 Å². The highest BCUT2D eigenvalue weighted by Gasteiger charge is 2.14. The summed E-state index contributed by atoms with van der Waals surface area (Å²) in [6.07, 6.45) is 2.49. The van der Waals surface area contributed by atoms with Crippen LogP contribution in [0.1, 0.15) is 13.3 Å². The van der Waals surface area contributed by atoms with E-state index in [4.69, 9.17) is 0 Å². The third-order valence-electron chi connectivity index (χ3n) is 3.64. The van der Waals surface area contributed by atoms with Gasteiger partial charge in [0.15, 0.2) is 17.0 Å². The summed E-state index contributed by atoms with van der Waals surface area (Å²) < 4.78 is 1.85. The van der Waals surface area contributed by atoms with Gasteiger partial charge in [0.05, 0.1) is 19.0 Å². The van der Waals surface area contributed by atoms with Crippen molar-refractivity contribution < 1.29 is 5.11 Å². The summed E-state index contributed by atoms with van der Waals surface area (Å²) in [7, 11) is 1.89. The van der Waals surface area contributed by atoms with Gasteiger partial charge < -0.3 is 20.3 Å². The zero-order valence-corrected chi connectivity index (χ0v) is 13.2. The summed E-state index contributed by atoms with van der Waals surface area (Å²) in [6.45, 7) is 2.03. The highest BCUT2D eigenvalue weighted by molar-refractivity contribution is 5.86. The number of para-hydroxylation sites is 1. The van der Waals surface area contributed by atoms with Crippen LogP contribution >= 0.6 is 0 Å². The van der Waals surface area contributed by atoms with Crippen LogP contribution in [0, 0.1) is 0 Å². The molecule has 7 nitrogen and oxygen atoms in total. The number of hydrogen-bond donors (Lipinski definition) is 3. The number of rotatable bonds is 6. The van der Waals surface area contributed by atoms with Gasteiger partial charge in [0, 0.05) is 12.7 Å². The smallest absolute Gasteiger partial charge is 0.227 e. The van der Waals surface area contributed by atoms with E-state index in [-0.39, 0.29) is 12.6 Å². The summed E-state index contributed by atoms with van der Waals surface area (Å²) in [5, 5.41) is 15.8. The molecule has 0 radical (unpaired) electrons. The van der Waals surface area contributed by atoms with Gasteiger partial charge in [-0.3, -0.25) is 0 Å². The number of anilines is 3. The standard InChI is InChI=1S/C16H20N6O/c1-3-11(9-23)19-16-20-14(18-12-7-5-4-6-8-12)13-15(21-16)22(2)10-17-13/h4-8,10-11,23H,3,9H2,1-2H3,(H2,18,19,20,21). The lowest BCUT2D eigenvalue weighted by molar-refractivity contribution is 0.271. The fourth-order valence-corrected chi connectivity index (χ4v) is 2.28. The molecule has 3 N–H and O–H groups in total. The van der Waals surface area contributed by atoms with Gasteiger partial charge in [-0.25, -0.2) is 4.98 Å². The second kappa shape index (κ2) is 6.62. The Balaban J connectivity index is 2.01. The van der Waals surface area contributed by atoms with Crippen molar-refractivity contribution in [3.05, 3.63) is 36.7 Å². The van der Waals surface area contributed by atoms with Crippen LogP contribution in [0.4, 0.5) is 17.5 Å². The number of aryl methyl sites for hydroxylation is 1. The first-order chi connectivity index (χ1) is 11.2. The first-order valence-corrected chi connectivity index (χ1v) is 7.59. The number of benzene rings is 1. The van der Waals surface area contributed by atoms with Crippen LogP contribution in [-0.4, -0.2) is 37.3 Å². The maximum atomic E-state index is 9.37. The zero-order chi connectivity index (χ0) is 16.2. The lowest BCUT2D eigenvalue weighted by Gasteiger charge is -2.15. The van der Waals surface area contributed by atoms with Crippen LogP contribution in [0.5, 0.6) is 0 Å². The highest BCUT2D eigenvalue weighted by atomic mass is 16.3. The maximum absolute atomic E-state index is 9.37. The minimum Gasteiger partial charge on any atom is -0.394 e. The molecule has 0 aliphatic rings. The Morgan fingerprint density at radius 3 is 2.70 bits per heavy atom. The SMILES string of the molecule is CCC(CO)Nc1nc(Nc2ccccc2)c2ncn(C)c2n1. The quantitative estimate of drug-likeness (QED) is 0.647. The molecule has 120 valence electrons. The van der Waals surface area contributed by atoms with E-state index in [1.54, 1.807) is 6.33 Å². The van der Waals surface area contributed by atoms with Crippen molar-refractivity contribution in [1.29, 1.82) is 0 Å². The normalized spacial score (nSPS) is 12.3. The Morgan fingerprint density at radius 2 is 2.00 bits per heavy atom. The first-order valence-electron chi connectivity index (χ1n) is 7.59. The molecule has 0 spiro atoms. The largest absolute Gasteiger partial charge is 0.394 e. The fourth-order valence-electron chi connectivity index (χ4n) is 2.28. The highest BCUT2D eigenvalue weighted by Crippen LogP contribution is 2.24. The second-order valence-electron chi connectivity index (χ2n) is 5.35. The van der Waals surface area contributed by atoms with Gasteiger partial charge in [-0.05, 0) is 18.6 Å². The lowest BCUT2D eigenvalue weighted by atomic mass is 10.2. The van der Waals surface area contributed by atoms with Crippen molar-refractivity contribution in [2.24, 2.45) is 7.05 Å². The van der Waals surface area contributed by atoms with Crippen LogP contribution in [0.3, 0.4) is 0 Å². The van der Waals surface area contributed by atoms with E-state index in [0.717, 1.165) is 17.8 Å². The van der Waals surface area contributed by atoms with Crippen molar-refractivity contribution in [3.8, 4) is 0 Å². The number of hydrogen-bond acceptors (Lipinski definition) is 6. The average Bonchev–Trinajstić information content (AvgIpc) is 2.95. The number of aliphatic hydroxyl groups excluding tert-OH is 1. The number of aromatic nitrogens is 4. The molecule has 0 bridgehead atoms. The van der Waals surface area contributed by atoms with Gasteiger partial charge >= 0.3 is 0 Å². The molecule has 0 aliphatic carbocycles. The van der Waals surface area contributed by atoms with Crippen molar-refractivity contribution in [2.45, 2.75) is 19.4 Å². The Morgan fingerprint density at radius 1 is 1.22 bits per heavy atom. The van der Waals surface area contributed by atoms with Gasteiger partial charge in [-0.15, -0.1) is 0 Å². The molecule has 0 aliphatic heterocycles. The van der Waals surface area contributed by atoms with Crippen molar-refractivity contribution >= 4 is 28.6 Å². The van der Waals surface area contributed by atoms with Crippen LogP contribution in [0.25, 0.3) is 11.2 Å². The molecule has 1 unspecified atom stereocenters. The fraction of sp³-hybridized carbons (Fsp3) is 0.312.